The number of phosphoric acid groups is 2. The first kappa shape index (κ1) is 13.2. The summed E-state index contributed by atoms with van der Waals surface area (Å²) in [6.45, 7) is -0.0957. The largest absolute Gasteiger partial charge is 0.476 e. The Morgan fingerprint density at radius 2 is 1.00 bits per heavy atom. The second kappa shape index (κ2) is 4.61. The van der Waals surface area contributed by atoms with Gasteiger partial charge in [-0.1, -0.05) is 0 Å². The van der Waals surface area contributed by atoms with Crippen LogP contribution in [0.3, 0.4) is 0 Å². The SMILES string of the molecule is O.O=P1(O)OCO1.O=P1(O)OCO1. The third-order valence-corrected chi connectivity index (χ3v) is 2.59. The summed E-state index contributed by atoms with van der Waals surface area (Å²) in [4.78, 5) is 16.0. The quantitative estimate of drug-likeness (QED) is 0.530. The zero-order valence-corrected chi connectivity index (χ0v) is 7.94. The number of phosphoric ester groups is 2. The molecule has 2 aliphatic rings. The number of hydrogen-bond donors (Lipinski definition) is 2. The van der Waals surface area contributed by atoms with Crippen molar-refractivity contribution in [2.45, 2.75) is 0 Å². The van der Waals surface area contributed by atoms with Crippen LogP contribution in [-0.2, 0) is 27.2 Å². The lowest BCUT2D eigenvalue weighted by Gasteiger charge is -2.18. The predicted octanol–water partition coefficient (Wildman–Crippen LogP) is -0.643. The first-order valence-corrected chi connectivity index (χ1v) is 5.64. The second-order valence-electron chi connectivity index (χ2n) is 1.69. The normalized spacial score (nSPS) is 26.6. The van der Waals surface area contributed by atoms with Gasteiger partial charge in [-0.15, -0.1) is 0 Å². The Morgan fingerprint density at radius 1 is 0.846 bits per heavy atom. The lowest BCUT2D eigenvalue weighted by molar-refractivity contribution is -0.0275. The van der Waals surface area contributed by atoms with Crippen LogP contribution in [0, 0.1) is 0 Å². The molecule has 0 bridgehead atoms. The van der Waals surface area contributed by atoms with Crippen molar-refractivity contribution in [3.63, 3.8) is 0 Å². The van der Waals surface area contributed by atoms with Crippen molar-refractivity contribution in [1.29, 1.82) is 0 Å². The molecule has 0 aromatic heterocycles. The molecule has 2 heterocycles. The Labute approximate surface area is 72.7 Å². The zero-order valence-electron chi connectivity index (χ0n) is 6.15. The fraction of sp³-hybridized carbons (Fsp3) is 1.00. The smallest absolute Gasteiger partial charge is 0.412 e. The number of hydrogen-bond acceptors (Lipinski definition) is 6. The second-order valence-corrected chi connectivity index (χ2v) is 4.60. The van der Waals surface area contributed by atoms with E-state index < -0.39 is 15.6 Å². The molecule has 0 spiro atoms. The minimum Gasteiger partial charge on any atom is -0.412 e. The van der Waals surface area contributed by atoms with Crippen LogP contribution in [0.4, 0.5) is 0 Å². The van der Waals surface area contributed by atoms with E-state index in [9.17, 15) is 9.13 Å². The van der Waals surface area contributed by atoms with Crippen molar-refractivity contribution >= 4 is 15.6 Å². The molecule has 80 valence electrons. The standard InChI is InChI=1S/2CH3O4P.H2O/c2*2-6(3)4-1-5-6;/h2*1H2,(H,2,3);1H2. The van der Waals surface area contributed by atoms with Crippen molar-refractivity contribution in [2.24, 2.45) is 0 Å². The van der Waals surface area contributed by atoms with Gasteiger partial charge in [0.1, 0.15) is 0 Å². The van der Waals surface area contributed by atoms with Crippen molar-refractivity contribution in [1.82, 2.24) is 0 Å². The molecule has 4 N–H and O–H groups in total. The molecular weight excluding hydrogens is 230 g/mol. The first-order chi connectivity index (χ1) is 5.41. The van der Waals surface area contributed by atoms with E-state index in [0.717, 1.165) is 0 Å². The fourth-order valence-electron chi connectivity index (χ4n) is 0.286. The summed E-state index contributed by atoms with van der Waals surface area (Å²) in [6, 6.07) is 0. The topological polar surface area (TPSA) is 143 Å². The molecule has 0 aromatic carbocycles. The Hall–Kier alpha value is 0.180. The van der Waals surface area contributed by atoms with Crippen LogP contribution in [0.1, 0.15) is 0 Å². The Balaban J connectivity index is 0.000000206. The van der Waals surface area contributed by atoms with E-state index in [1.165, 1.54) is 0 Å². The Bertz CT molecular complexity index is 206. The van der Waals surface area contributed by atoms with E-state index in [0.29, 0.717) is 0 Å². The van der Waals surface area contributed by atoms with Crippen LogP contribution in [0.5, 0.6) is 0 Å². The van der Waals surface area contributed by atoms with Gasteiger partial charge >= 0.3 is 15.6 Å². The minimum atomic E-state index is -3.47. The molecular formula is C2H8O9P2. The molecule has 2 fully saturated rings. The Morgan fingerprint density at radius 3 is 1.00 bits per heavy atom. The third kappa shape index (κ3) is 4.82. The van der Waals surface area contributed by atoms with Gasteiger partial charge in [-0.3, -0.25) is 18.1 Å². The van der Waals surface area contributed by atoms with Crippen LogP contribution in [0.2, 0.25) is 0 Å². The maximum atomic E-state index is 9.78. The van der Waals surface area contributed by atoms with Crippen LogP contribution in [0.25, 0.3) is 0 Å². The average molecular weight is 238 g/mol. The van der Waals surface area contributed by atoms with E-state index >= 15 is 0 Å². The van der Waals surface area contributed by atoms with E-state index in [1.54, 1.807) is 0 Å². The summed E-state index contributed by atoms with van der Waals surface area (Å²) in [7, 11) is -6.93. The Kier molecular flexibility index (Phi) is 4.67. The van der Waals surface area contributed by atoms with Gasteiger partial charge in [-0.2, -0.15) is 0 Å². The molecule has 0 saturated carbocycles. The molecule has 9 nitrogen and oxygen atoms in total. The van der Waals surface area contributed by atoms with Crippen LogP contribution in [0.15, 0.2) is 0 Å². The van der Waals surface area contributed by atoms with Gasteiger partial charge in [0.2, 0.25) is 0 Å². The summed E-state index contributed by atoms with van der Waals surface area (Å²) >= 11 is 0. The predicted molar refractivity (Wildman–Crippen MR) is 37.3 cm³/mol. The highest BCUT2D eigenvalue weighted by atomic mass is 31.2. The maximum Gasteiger partial charge on any atom is 0.476 e. The first-order valence-electron chi connectivity index (χ1n) is 2.65. The van der Waals surface area contributed by atoms with Gasteiger partial charge < -0.3 is 15.3 Å². The highest BCUT2D eigenvalue weighted by Gasteiger charge is 2.30. The molecule has 0 aliphatic carbocycles. The van der Waals surface area contributed by atoms with Gasteiger partial charge in [0, 0.05) is 0 Å². The van der Waals surface area contributed by atoms with E-state index in [1.807, 2.05) is 0 Å². The van der Waals surface area contributed by atoms with Gasteiger partial charge in [-0.25, -0.2) is 9.13 Å². The highest BCUT2D eigenvalue weighted by molar-refractivity contribution is 7.48. The lowest BCUT2D eigenvalue weighted by Crippen LogP contribution is -2.08. The molecule has 0 atom stereocenters. The van der Waals surface area contributed by atoms with E-state index in [2.05, 4.69) is 18.1 Å². The molecule has 0 radical (unpaired) electrons. The summed E-state index contributed by atoms with van der Waals surface area (Å²) in [6.07, 6.45) is 0. The zero-order chi connectivity index (χ0) is 9.24. The fourth-order valence-corrected chi connectivity index (χ4v) is 0.857. The van der Waals surface area contributed by atoms with Gasteiger partial charge in [-0.05, 0) is 0 Å². The monoisotopic (exact) mass is 238 g/mol. The average Bonchev–Trinajstić information content (AvgIpc) is 1.83. The molecule has 2 aliphatic heterocycles. The molecule has 13 heavy (non-hydrogen) atoms. The summed E-state index contributed by atoms with van der Waals surface area (Å²) < 4.78 is 35.6. The van der Waals surface area contributed by atoms with E-state index in [-0.39, 0.29) is 19.1 Å². The third-order valence-electron chi connectivity index (χ3n) is 0.863. The molecule has 0 unspecified atom stereocenters. The van der Waals surface area contributed by atoms with Gasteiger partial charge in [0.25, 0.3) is 0 Å². The van der Waals surface area contributed by atoms with Crippen molar-refractivity contribution < 1.29 is 42.5 Å². The number of rotatable bonds is 0. The summed E-state index contributed by atoms with van der Waals surface area (Å²) in [5, 5.41) is 0. The summed E-state index contributed by atoms with van der Waals surface area (Å²) in [5.74, 6) is 0. The van der Waals surface area contributed by atoms with Crippen LogP contribution in [-0.4, -0.2) is 28.8 Å². The minimum absolute atomic E-state index is 0. The molecule has 2 saturated heterocycles. The van der Waals surface area contributed by atoms with Crippen molar-refractivity contribution in [2.75, 3.05) is 13.6 Å². The van der Waals surface area contributed by atoms with Crippen LogP contribution >= 0.6 is 15.6 Å². The lowest BCUT2D eigenvalue weighted by atomic mass is 11.6. The van der Waals surface area contributed by atoms with E-state index in [4.69, 9.17) is 9.79 Å². The molecule has 2 rings (SSSR count). The molecule has 0 amide bonds. The van der Waals surface area contributed by atoms with Crippen molar-refractivity contribution in [3.05, 3.63) is 0 Å². The van der Waals surface area contributed by atoms with Crippen molar-refractivity contribution in [3.8, 4) is 0 Å². The highest BCUT2D eigenvalue weighted by Crippen LogP contribution is 2.51. The maximum absolute atomic E-state index is 9.78. The molecule has 11 heteroatoms. The molecule has 0 aromatic rings. The van der Waals surface area contributed by atoms with Gasteiger partial charge in [0.05, 0.1) is 0 Å². The summed E-state index contributed by atoms with van der Waals surface area (Å²) in [5.41, 5.74) is 0. The van der Waals surface area contributed by atoms with Crippen LogP contribution < -0.4 is 0 Å². The van der Waals surface area contributed by atoms with Gasteiger partial charge in [0.15, 0.2) is 13.6 Å².